The maximum Gasteiger partial charge on any atom is 0.325 e. The topological polar surface area (TPSA) is 107 Å². The maximum atomic E-state index is 13.4. The zero-order valence-electron chi connectivity index (χ0n) is 20.3. The van der Waals surface area contributed by atoms with Gasteiger partial charge in [-0.2, -0.15) is 0 Å². The fraction of sp³-hybridized carbons (Fsp3) is 0.296. The third kappa shape index (κ3) is 5.45. The summed E-state index contributed by atoms with van der Waals surface area (Å²) in [7, 11) is 0. The standard InChI is InChI=1S/C27H27ClN2O6/c1-27(2,3)36-22(31)12-29-25(33)23-24(32)19-14-35-15-21(19)30(26(23)34)13-16-8-10-17(11-9-16)18-6-4-5-7-20(18)28/h4-11,32H,12-15H2,1-3H3,(H,29,33). The molecule has 0 fully saturated rings. The van der Waals surface area contributed by atoms with Gasteiger partial charge in [-0.3, -0.25) is 14.4 Å². The van der Waals surface area contributed by atoms with Gasteiger partial charge in [-0.25, -0.2) is 0 Å². The van der Waals surface area contributed by atoms with Crippen molar-refractivity contribution in [3.05, 3.63) is 86.3 Å². The molecule has 1 aliphatic heterocycles. The summed E-state index contributed by atoms with van der Waals surface area (Å²) in [5.41, 5.74) is 1.70. The molecule has 2 N–H and O–H groups in total. The summed E-state index contributed by atoms with van der Waals surface area (Å²) in [6, 6.07) is 15.1. The van der Waals surface area contributed by atoms with E-state index >= 15 is 0 Å². The van der Waals surface area contributed by atoms with Crippen molar-refractivity contribution in [2.75, 3.05) is 6.54 Å². The van der Waals surface area contributed by atoms with Crippen molar-refractivity contribution < 1.29 is 24.2 Å². The normalized spacial score (nSPS) is 12.8. The van der Waals surface area contributed by atoms with E-state index in [1.165, 1.54) is 4.57 Å². The SMILES string of the molecule is CC(C)(C)OC(=O)CNC(=O)c1c(O)c2c(n(Cc3ccc(-c4ccccc4Cl)cc3)c1=O)COC2. The fourth-order valence-corrected chi connectivity index (χ4v) is 4.28. The summed E-state index contributed by atoms with van der Waals surface area (Å²) in [4.78, 5) is 38.2. The minimum absolute atomic E-state index is 0.0687. The molecule has 0 unspecified atom stereocenters. The van der Waals surface area contributed by atoms with E-state index in [9.17, 15) is 19.5 Å². The molecule has 2 aromatic carbocycles. The number of hydrogen-bond donors (Lipinski definition) is 2. The number of aromatic nitrogens is 1. The summed E-state index contributed by atoms with van der Waals surface area (Å²) in [5.74, 6) is -1.95. The zero-order valence-corrected chi connectivity index (χ0v) is 21.0. The smallest absolute Gasteiger partial charge is 0.325 e. The summed E-state index contributed by atoms with van der Waals surface area (Å²) in [6.45, 7) is 5.05. The van der Waals surface area contributed by atoms with Crippen LogP contribution in [0.5, 0.6) is 5.75 Å². The van der Waals surface area contributed by atoms with Crippen molar-refractivity contribution in [1.82, 2.24) is 9.88 Å². The van der Waals surface area contributed by atoms with E-state index in [1.807, 2.05) is 48.5 Å². The van der Waals surface area contributed by atoms with Crippen LogP contribution >= 0.6 is 11.6 Å². The highest BCUT2D eigenvalue weighted by molar-refractivity contribution is 6.33. The minimum atomic E-state index is -0.860. The van der Waals surface area contributed by atoms with Crippen LogP contribution in [0.4, 0.5) is 0 Å². The first-order chi connectivity index (χ1) is 17.0. The number of rotatable bonds is 6. The molecule has 0 saturated carbocycles. The number of nitrogens with one attached hydrogen (secondary N) is 1. The lowest BCUT2D eigenvalue weighted by Gasteiger charge is -2.20. The number of fused-ring (bicyclic) bond motifs is 1. The lowest BCUT2D eigenvalue weighted by atomic mass is 10.0. The van der Waals surface area contributed by atoms with Crippen LogP contribution in [-0.4, -0.2) is 33.7 Å². The van der Waals surface area contributed by atoms with E-state index in [4.69, 9.17) is 21.1 Å². The fourth-order valence-electron chi connectivity index (χ4n) is 4.03. The molecule has 36 heavy (non-hydrogen) atoms. The van der Waals surface area contributed by atoms with Gasteiger partial charge in [0.25, 0.3) is 11.5 Å². The molecule has 188 valence electrons. The lowest BCUT2D eigenvalue weighted by Crippen LogP contribution is -2.38. The van der Waals surface area contributed by atoms with Gasteiger partial charge in [0.15, 0.2) is 0 Å². The molecule has 0 bridgehead atoms. The zero-order chi connectivity index (χ0) is 26.0. The first-order valence-electron chi connectivity index (χ1n) is 11.4. The van der Waals surface area contributed by atoms with Crippen LogP contribution < -0.4 is 10.9 Å². The van der Waals surface area contributed by atoms with Gasteiger partial charge >= 0.3 is 5.97 Å². The first kappa shape index (κ1) is 25.5. The lowest BCUT2D eigenvalue weighted by molar-refractivity contribution is -0.153. The first-order valence-corrected chi connectivity index (χ1v) is 11.8. The predicted molar refractivity (Wildman–Crippen MR) is 135 cm³/mol. The number of aromatic hydroxyl groups is 1. The molecule has 1 aliphatic rings. The number of pyridine rings is 1. The Morgan fingerprint density at radius 2 is 1.81 bits per heavy atom. The van der Waals surface area contributed by atoms with Gasteiger partial charge in [0.05, 0.1) is 25.5 Å². The van der Waals surface area contributed by atoms with E-state index in [0.29, 0.717) is 16.3 Å². The summed E-state index contributed by atoms with van der Waals surface area (Å²) >= 11 is 6.30. The van der Waals surface area contributed by atoms with Crippen molar-refractivity contribution >= 4 is 23.5 Å². The van der Waals surface area contributed by atoms with Gasteiger partial charge in [0, 0.05) is 16.1 Å². The van der Waals surface area contributed by atoms with Crippen LogP contribution in [0.2, 0.25) is 5.02 Å². The van der Waals surface area contributed by atoms with Crippen molar-refractivity contribution in [3.8, 4) is 16.9 Å². The Kier molecular flexibility index (Phi) is 7.19. The average Bonchev–Trinajstić information content (AvgIpc) is 3.31. The van der Waals surface area contributed by atoms with Crippen molar-refractivity contribution in [2.45, 2.75) is 46.1 Å². The number of hydrogen-bond acceptors (Lipinski definition) is 6. The third-order valence-electron chi connectivity index (χ3n) is 5.66. The van der Waals surface area contributed by atoms with Gasteiger partial charge in [0.1, 0.15) is 23.5 Å². The Hall–Kier alpha value is -3.62. The van der Waals surface area contributed by atoms with Crippen molar-refractivity contribution in [1.29, 1.82) is 0 Å². The third-order valence-corrected chi connectivity index (χ3v) is 5.99. The van der Waals surface area contributed by atoms with Gasteiger partial charge < -0.3 is 24.5 Å². The van der Waals surface area contributed by atoms with Crippen LogP contribution in [0.15, 0.2) is 53.3 Å². The maximum absolute atomic E-state index is 13.4. The average molecular weight is 511 g/mol. The van der Waals surface area contributed by atoms with Gasteiger partial charge in [-0.1, -0.05) is 54.1 Å². The molecule has 0 radical (unpaired) electrons. The molecular weight excluding hydrogens is 484 g/mol. The second-order valence-electron chi connectivity index (χ2n) is 9.48. The molecule has 1 amide bonds. The predicted octanol–water partition coefficient (Wildman–Crippen LogP) is 4.02. The van der Waals surface area contributed by atoms with E-state index in [0.717, 1.165) is 16.7 Å². The molecule has 0 atom stereocenters. The van der Waals surface area contributed by atoms with Crippen LogP contribution in [0.25, 0.3) is 11.1 Å². The number of carbonyl (C=O) groups excluding carboxylic acids is 2. The molecule has 0 spiro atoms. The minimum Gasteiger partial charge on any atom is -0.506 e. The van der Waals surface area contributed by atoms with Gasteiger partial charge in [-0.05, 0) is 38.0 Å². The highest BCUT2D eigenvalue weighted by atomic mass is 35.5. The summed E-state index contributed by atoms with van der Waals surface area (Å²) in [6.07, 6.45) is 0. The van der Waals surface area contributed by atoms with E-state index in [2.05, 4.69) is 5.32 Å². The molecule has 1 aromatic heterocycles. The Morgan fingerprint density at radius 1 is 1.11 bits per heavy atom. The number of benzene rings is 2. The molecule has 2 heterocycles. The number of esters is 1. The Labute approximate surface area is 213 Å². The highest BCUT2D eigenvalue weighted by Gasteiger charge is 2.29. The van der Waals surface area contributed by atoms with Crippen molar-refractivity contribution in [3.63, 3.8) is 0 Å². The van der Waals surface area contributed by atoms with E-state index in [1.54, 1.807) is 20.8 Å². The Morgan fingerprint density at radius 3 is 2.47 bits per heavy atom. The van der Waals surface area contributed by atoms with Crippen LogP contribution in [0.1, 0.15) is 48.0 Å². The molecule has 9 heteroatoms. The van der Waals surface area contributed by atoms with E-state index in [-0.39, 0.29) is 19.8 Å². The molecule has 4 rings (SSSR count). The van der Waals surface area contributed by atoms with Gasteiger partial charge in [-0.15, -0.1) is 0 Å². The second-order valence-corrected chi connectivity index (χ2v) is 9.89. The largest absolute Gasteiger partial charge is 0.506 e. The molecule has 0 saturated heterocycles. The summed E-state index contributed by atoms with van der Waals surface area (Å²) < 4.78 is 12.1. The van der Waals surface area contributed by atoms with Crippen molar-refractivity contribution in [2.24, 2.45) is 0 Å². The van der Waals surface area contributed by atoms with Crippen LogP contribution in [0.3, 0.4) is 0 Å². The molecule has 8 nitrogen and oxygen atoms in total. The number of carbonyl (C=O) groups is 2. The molecule has 3 aromatic rings. The second kappa shape index (κ2) is 10.2. The number of nitrogens with zero attached hydrogens (tertiary/aromatic N) is 1. The number of halogens is 1. The highest BCUT2D eigenvalue weighted by Crippen LogP contribution is 2.31. The number of ether oxygens (including phenoxy) is 2. The van der Waals surface area contributed by atoms with Crippen LogP contribution in [-0.2, 0) is 34.0 Å². The summed E-state index contributed by atoms with van der Waals surface area (Å²) in [5, 5.41) is 13.7. The monoisotopic (exact) mass is 510 g/mol. The Balaban J connectivity index is 1.61. The molecular formula is C27H27ClN2O6. The van der Waals surface area contributed by atoms with Crippen LogP contribution in [0, 0.1) is 0 Å². The number of amides is 1. The molecule has 0 aliphatic carbocycles. The van der Waals surface area contributed by atoms with E-state index < -0.39 is 40.9 Å². The quantitative estimate of drug-likeness (QED) is 0.485. The van der Waals surface area contributed by atoms with Gasteiger partial charge in [0.2, 0.25) is 0 Å². The Bertz CT molecular complexity index is 1370.